The Labute approximate surface area is 123 Å². The summed E-state index contributed by atoms with van der Waals surface area (Å²) in [6.45, 7) is 5.53. The van der Waals surface area contributed by atoms with E-state index in [0.29, 0.717) is 12.6 Å². The van der Waals surface area contributed by atoms with Crippen LogP contribution in [0.1, 0.15) is 25.1 Å². The van der Waals surface area contributed by atoms with Gasteiger partial charge in [-0.25, -0.2) is 4.98 Å². The van der Waals surface area contributed by atoms with Gasteiger partial charge in [0.25, 0.3) is 0 Å². The fraction of sp³-hybridized carbons (Fsp3) is 0.400. The van der Waals surface area contributed by atoms with E-state index in [2.05, 4.69) is 24.1 Å². The van der Waals surface area contributed by atoms with Gasteiger partial charge >= 0.3 is 0 Å². The number of hydrogen-bond acceptors (Lipinski definition) is 5. The smallest absolute Gasteiger partial charge is 0.162 e. The first-order valence-corrected chi connectivity index (χ1v) is 7.53. The average Bonchev–Trinajstić information content (AvgIpc) is 2.96. The molecule has 5 heteroatoms. The van der Waals surface area contributed by atoms with Crippen LogP contribution in [0.4, 0.5) is 0 Å². The van der Waals surface area contributed by atoms with Crippen LogP contribution in [0, 0.1) is 0 Å². The van der Waals surface area contributed by atoms with E-state index in [9.17, 15) is 0 Å². The number of nitrogens with one attached hydrogen (secondary N) is 1. The second-order valence-corrected chi connectivity index (χ2v) is 5.51. The van der Waals surface area contributed by atoms with Crippen LogP contribution in [-0.2, 0) is 13.2 Å². The van der Waals surface area contributed by atoms with Crippen LogP contribution >= 0.6 is 11.3 Å². The van der Waals surface area contributed by atoms with Crippen molar-refractivity contribution in [2.75, 3.05) is 7.11 Å². The second-order valence-electron chi connectivity index (χ2n) is 4.79. The van der Waals surface area contributed by atoms with Crippen LogP contribution in [0.25, 0.3) is 0 Å². The van der Waals surface area contributed by atoms with Crippen LogP contribution in [0.3, 0.4) is 0 Å². The summed E-state index contributed by atoms with van der Waals surface area (Å²) in [6.07, 6.45) is 0. The third kappa shape index (κ3) is 4.21. The highest BCUT2D eigenvalue weighted by molar-refractivity contribution is 7.07. The maximum atomic E-state index is 5.81. The molecule has 0 aliphatic heterocycles. The Kier molecular flexibility index (Phi) is 5.38. The summed E-state index contributed by atoms with van der Waals surface area (Å²) in [6, 6.07) is 6.45. The maximum absolute atomic E-state index is 5.81. The molecule has 0 bridgehead atoms. The number of thiazole rings is 1. The van der Waals surface area contributed by atoms with Crippen molar-refractivity contribution in [1.29, 1.82) is 0 Å². The van der Waals surface area contributed by atoms with Gasteiger partial charge in [-0.15, -0.1) is 11.3 Å². The fourth-order valence-corrected chi connectivity index (χ4v) is 2.27. The van der Waals surface area contributed by atoms with Gasteiger partial charge in [0, 0.05) is 18.0 Å². The van der Waals surface area contributed by atoms with Crippen molar-refractivity contribution >= 4 is 11.3 Å². The number of aromatic nitrogens is 1. The molecule has 0 atom stereocenters. The lowest BCUT2D eigenvalue weighted by Gasteiger charge is -2.13. The van der Waals surface area contributed by atoms with Crippen LogP contribution in [0.2, 0.25) is 0 Å². The molecule has 0 radical (unpaired) electrons. The predicted molar refractivity (Wildman–Crippen MR) is 81.4 cm³/mol. The van der Waals surface area contributed by atoms with Crippen molar-refractivity contribution in [3.05, 3.63) is 40.3 Å². The molecule has 1 heterocycles. The monoisotopic (exact) mass is 292 g/mol. The molecule has 0 aliphatic carbocycles. The zero-order valence-corrected chi connectivity index (χ0v) is 12.9. The van der Waals surface area contributed by atoms with Crippen molar-refractivity contribution in [2.24, 2.45) is 0 Å². The number of hydrogen-bond donors (Lipinski definition) is 1. The molecule has 20 heavy (non-hydrogen) atoms. The summed E-state index contributed by atoms with van der Waals surface area (Å²) in [5, 5.41) is 5.37. The topological polar surface area (TPSA) is 43.4 Å². The Morgan fingerprint density at radius 1 is 1.30 bits per heavy atom. The highest BCUT2D eigenvalue weighted by Crippen LogP contribution is 2.28. The summed E-state index contributed by atoms with van der Waals surface area (Å²) >= 11 is 1.57. The van der Waals surface area contributed by atoms with Gasteiger partial charge in [-0.3, -0.25) is 0 Å². The average molecular weight is 292 g/mol. The van der Waals surface area contributed by atoms with Gasteiger partial charge in [-0.05, 0) is 17.7 Å². The molecular formula is C15H20N2O2S. The Bertz CT molecular complexity index is 527. The molecule has 1 aromatic heterocycles. The lowest BCUT2D eigenvalue weighted by Crippen LogP contribution is -2.21. The van der Waals surface area contributed by atoms with Gasteiger partial charge in [0.05, 0.1) is 18.3 Å². The number of ether oxygens (including phenoxy) is 2. The highest BCUT2D eigenvalue weighted by Gasteiger charge is 2.07. The molecule has 0 spiro atoms. The van der Waals surface area contributed by atoms with E-state index in [1.54, 1.807) is 24.0 Å². The van der Waals surface area contributed by atoms with E-state index < -0.39 is 0 Å². The van der Waals surface area contributed by atoms with Crippen molar-refractivity contribution in [2.45, 2.75) is 33.0 Å². The minimum Gasteiger partial charge on any atom is -0.493 e. The van der Waals surface area contributed by atoms with Gasteiger partial charge < -0.3 is 14.8 Å². The predicted octanol–water partition coefficient (Wildman–Crippen LogP) is 3.23. The summed E-state index contributed by atoms with van der Waals surface area (Å²) in [7, 11) is 1.65. The lowest BCUT2D eigenvalue weighted by atomic mass is 10.2. The normalized spacial score (nSPS) is 10.8. The fourth-order valence-electron chi connectivity index (χ4n) is 1.73. The molecule has 2 aromatic rings. The Hall–Kier alpha value is -1.59. The number of methoxy groups -OCH3 is 1. The van der Waals surface area contributed by atoms with Gasteiger partial charge in [-0.2, -0.15) is 0 Å². The van der Waals surface area contributed by atoms with E-state index in [-0.39, 0.29) is 0 Å². The van der Waals surface area contributed by atoms with Crippen molar-refractivity contribution in [3.63, 3.8) is 0 Å². The summed E-state index contributed by atoms with van der Waals surface area (Å²) < 4.78 is 11.1. The maximum Gasteiger partial charge on any atom is 0.162 e. The molecule has 0 amide bonds. The lowest BCUT2D eigenvalue weighted by molar-refractivity contribution is 0.281. The highest BCUT2D eigenvalue weighted by atomic mass is 32.1. The number of rotatable bonds is 7. The molecule has 0 saturated heterocycles. The molecule has 0 aliphatic rings. The van der Waals surface area contributed by atoms with Crippen LogP contribution < -0.4 is 14.8 Å². The standard InChI is InChI=1S/C15H20N2O2S/c1-11(2)16-7-12-4-5-14(18-3)15(6-12)19-8-13-9-20-10-17-13/h4-6,9-11,16H,7-8H2,1-3H3. The quantitative estimate of drug-likeness (QED) is 0.851. The number of nitrogens with zero attached hydrogens (tertiary/aromatic N) is 1. The minimum absolute atomic E-state index is 0.455. The van der Waals surface area contributed by atoms with Gasteiger partial charge in [0.15, 0.2) is 11.5 Å². The zero-order valence-electron chi connectivity index (χ0n) is 12.1. The van der Waals surface area contributed by atoms with Crippen LogP contribution in [0.15, 0.2) is 29.1 Å². The Morgan fingerprint density at radius 2 is 2.15 bits per heavy atom. The van der Waals surface area contributed by atoms with E-state index in [1.807, 2.05) is 23.6 Å². The molecule has 2 rings (SSSR count). The first-order valence-electron chi connectivity index (χ1n) is 6.59. The molecule has 4 nitrogen and oxygen atoms in total. The summed E-state index contributed by atoms with van der Waals surface area (Å²) in [4.78, 5) is 4.21. The molecule has 108 valence electrons. The van der Waals surface area contributed by atoms with Crippen LogP contribution in [-0.4, -0.2) is 18.1 Å². The van der Waals surface area contributed by atoms with Crippen LogP contribution in [0.5, 0.6) is 11.5 Å². The number of benzene rings is 1. The third-order valence-electron chi connectivity index (χ3n) is 2.80. The van der Waals surface area contributed by atoms with Crippen molar-refractivity contribution in [3.8, 4) is 11.5 Å². The van der Waals surface area contributed by atoms with E-state index in [0.717, 1.165) is 23.7 Å². The van der Waals surface area contributed by atoms with Gasteiger partial charge in [0.2, 0.25) is 0 Å². The second kappa shape index (κ2) is 7.26. The first-order chi connectivity index (χ1) is 9.69. The van der Waals surface area contributed by atoms with E-state index in [4.69, 9.17) is 9.47 Å². The molecule has 0 unspecified atom stereocenters. The summed E-state index contributed by atoms with van der Waals surface area (Å²) in [5.74, 6) is 1.50. The largest absolute Gasteiger partial charge is 0.493 e. The zero-order chi connectivity index (χ0) is 14.4. The van der Waals surface area contributed by atoms with E-state index >= 15 is 0 Å². The SMILES string of the molecule is COc1ccc(CNC(C)C)cc1OCc1cscn1. The third-order valence-corrected chi connectivity index (χ3v) is 3.44. The Morgan fingerprint density at radius 3 is 2.80 bits per heavy atom. The summed E-state index contributed by atoms with van der Waals surface area (Å²) in [5.41, 5.74) is 3.91. The van der Waals surface area contributed by atoms with Crippen molar-refractivity contribution < 1.29 is 9.47 Å². The first kappa shape index (κ1) is 14.8. The van der Waals surface area contributed by atoms with E-state index in [1.165, 1.54) is 5.56 Å². The molecule has 0 fully saturated rings. The molecule has 1 aromatic carbocycles. The molecular weight excluding hydrogens is 272 g/mol. The van der Waals surface area contributed by atoms with Crippen molar-refractivity contribution in [1.82, 2.24) is 10.3 Å². The minimum atomic E-state index is 0.455. The van der Waals surface area contributed by atoms with Gasteiger partial charge in [0.1, 0.15) is 6.61 Å². The van der Waals surface area contributed by atoms with Gasteiger partial charge in [-0.1, -0.05) is 19.9 Å². The molecule has 0 saturated carbocycles. The molecule has 1 N–H and O–H groups in total. The Balaban J connectivity index is 2.05.